The summed E-state index contributed by atoms with van der Waals surface area (Å²) in [7, 11) is 0. The SMILES string of the molecule is CC(C)(C)NC(=O)c1cncc(C(=O)NC(C)(C)C)c1. The Morgan fingerprint density at radius 1 is 0.850 bits per heavy atom. The number of hydrogen-bond donors (Lipinski definition) is 2. The highest BCUT2D eigenvalue weighted by atomic mass is 16.2. The van der Waals surface area contributed by atoms with Crippen LogP contribution in [0.15, 0.2) is 18.5 Å². The Hall–Kier alpha value is -1.91. The second-order valence-electron chi connectivity index (χ2n) is 6.87. The first-order valence-electron chi connectivity index (χ1n) is 6.58. The van der Waals surface area contributed by atoms with Gasteiger partial charge in [0.1, 0.15) is 0 Å². The minimum absolute atomic E-state index is 0.240. The van der Waals surface area contributed by atoms with Crippen molar-refractivity contribution in [1.82, 2.24) is 15.6 Å². The number of pyridine rings is 1. The summed E-state index contributed by atoms with van der Waals surface area (Å²) >= 11 is 0. The van der Waals surface area contributed by atoms with Gasteiger partial charge >= 0.3 is 0 Å². The molecule has 0 spiro atoms. The lowest BCUT2D eigenvalue weighted by molar-refractivity contribution is 0.0918. The normalized spacial score (nSPS) is 11.9. The first-order chi connectivity index (χ1) is 8.98. The van der Waals surface area contributed by atoms with Crippen LogP contribution in [0.25, 0.3) is 0 Å². The van der Waals surface area contributed by atoms with Crippen LogP contribution < -0.4 is 10.6 Å². The highest BCUT2D eigenvalue weighted by Crippen LogP contribution is 2.08. The van der Waals surface area contributed by atoms with Crippen LogP contribution in [0, 0.1) is 0 Å². The second-order valence-corrected chi connectivity index (χ2v) is 6.87. The molecule has 0 saturated carbocycles. The van der Waals surface area contributed by atoms with Gasteiger partial charge in [0.2, 0.25) is 0 Å². The molecule has 0 aliphatic rings. The molecule has 0 atom stereocenters. The molecule has 0 bridgehead atoms. The lowest BCUT2D eigenvalue weighted by atomic mass is 10.1. The molecule has 0 saturated heterocycles. The molecule has 2 N–H and O–H groups in total. The van der Waals surface area contributed by atoms with Crippen LogP contribution in [0.3, 0.4) is 0 Å². The highest BCUT2D eigenvalue weighted by molar-refractivity contribution is 5.99. The van der Waals surface area contributed by atoms with Gasteiger partial charge < -0.3 is 10.6 Å². The van der Waals surface area contributed by atoms with Gasteiger partial charge in [-0.3, -0.25) is 14.6 Å². The molecule has 0 aromatic carbocycles. The molecule has 1 heterocycles. The van der Waals surface area contributed by atoms with Crippen LogP contribution >= 0.6 is 0 Å². The molecule has 0 unspecified atom stereocenters. The van der Waals surface area contributed by atoms with E-state index in [1.54, 1.807) is 6.07 Å². The summed E-state index contributed by atoms with van der Waals surface area (Å²) in [4.78, 5) is 28.0. The van der Waals surface area contributed by atoms with E-state index >= 15 is 0 Å². The van der Waals surface area contributed by atoms with Crippen LogP contribution in [0.1, 0.15) is 62.3 Å². The maximum absolute atomic E-state index is 12.0. The van der Waals surface area contributed by atoms with Gasteiger partial charge in [0.25, 0.3) is 11.8 Å². The van der Waals surface area contributed by atoms with Crippen molar-refractivity contribution in [2.75, 3.05) is 0 Å². The van der Waals surface area contributed by atoms with Crippen molar-refractivity contribution in [3.05, 3.63) is 29.6 Å². The van der Waals surface area contributed by atoms with Crippen LogP contribution in [0.4, 0.5) is 0 Å². The molecule has 1 aromatic rings. The summed E-state index contributed by atoms with van der Waals surface area (Å²) in [6.07, 6.45) is 2.91. The van der Waals surface area contributed by atoms with E-state index in [1.165, 1.54) is 12.4 Å². The quantitative estimate of drug-likeness (QED) is 0.870. The first-order valence-corrected chi connectivity index (χ1v) is 6.58. The topological polar surface area (TPSA) is 71.1 Å². The Labute approximate surface area is 120 Å². The fraction of sp³-hybridized carbons (Fsp3) is 0.533. The first kappa shape index (κ1) is 16.1. The minimum atomic E-state index is -0.333. The molecule has 0 fully saturated rings. The van der Waals surface area contributed by atoms with E-state index in [4.69, 9.17) is 0 Å². The van der Waals surface area contributed by atoms with Crippen molar-refractivity contribution in [2.45, 2.75) is 52.6 Å². The van der Waals surface area contributed by atoms with Crippen molar-refractivity contribution in [3.63, 3.8) is 0 Å². The zero-order chi connectivity index (χ0) is 15.6. The van der Waals surface area contributed by atoms with Crippen LogP contribution in [-0.2, 0) is 0 Å². The summed E-state index contributed by atoms with van der Waals surface area (Å²) in [5, 5.41) is 5.68. The number of carbonyl (C=O) groups excluding carboxylic acids is 2. The zero-order valence-corrected chi connectivity index (χ0v) is 13.0. The number of rotatable bonds is 2. The van der Waals surface area contributed by atoms with Crippen molar-refractivity contribution >= 4 is 11.8 Å². The van der Waals surface area contributed by atoms with Crippen molar-refractivity contribution in [2.24, 2.45) is 0 Å². The van der Waals surface area contributed by atoms with Crippen LogP contribution in [-0.4, -0.2) is 27.9 Å². The van der Waals surface area contributed by atoms with Crippen molar-refractivity contribution in [3.8, 4) is 0 Å². The molecule has 5 heteroatoms. The van der Waals surface area contributed by atoms with Crippen molar-refractivity contribution in [1.29, 1.82) is 0 Å². The lowest BCUT2D eigenvalue weighted by Gasteiger charge is -2.21. The highest BCUT2D eigenvalue weighted by Gasteiger charge is 2.19. The standard InChI is InChI=1S/C15H23N3O2/c1-14(2,3)17-12(19)10-7-11(9-16-8-10)13(20)18-15(4,5)6/h7-9H,1-6H3,(H,17,19)(H,18,20). The van der Waals surface area contributed by atoms with Gasteiger partial charge in [-0.2, -0.15) is 0 Å². The third kappa shape index (κ3) is 5.38. The van der Waals surface area contributed by atoms with Crippen molar-refractivity contribution < 1.29 is 9.59 Å². The fourth-order valence-electron chi connectivity index (χ4n) is 1.51. The van der Waals surface area contributed by atoms with Crippen LogP contribution in [0.2, 0.25) is 0 Å². The van der Waals surface area contributed by atoms with E-state index in [0.717, 1.165) is 0 Å². The molecular weight excluding hydrogens is 254 g/mol. The summed E-state index contributed by atoms with van der Waals surface area (Å²) < 4.78 is 0. The van der Waals surface area contributed by atoms with Gasteiger partial charge in [-0.15, -0.1) is 0 Å². The van der Waals surface area contributed by atoms with Gasteiger partial charge in [-0.25, -0.2) is 0 Å². The molecule has 20 heavy (non-hydrogen) atoms. The monoisotopic (exact) mass is 277 g/mol. The Kier molecular flexibility index (Phi) is 4.53. The molecule has 1 aromatic heterocycles. The molecular formula is C15H23N3O2. The van der Waals surface area contributed by atoms with Gasteiger partial charge in [-0.05, 0) is 47.6 Å². The van der Waals surface area contributed by atoms with E-state index < -0.39 is 0 Å². The molecule has 110 valence electrons. The maximum Gasteiger partial charge on any atom is 0.253 e. The number of nitrogens with one attached hydrogen (secondary N) is 2. The van der Waals surface area contributed by atoms with Gasteiger partial charge in [-0.1, -0.05) is 0 Å². The molecule has 0 aliphatic carbocycles. The van der Waals surface area contributed by atoms with E-state index in [1.807, 2.05) is 41.5 Å². The number of amides is 2. The van der Waals surface area contributed by atoms with Gasteiger partial charge in [0, 0.05) is 23.5 Å². The fourth-order valence-corrected chi connectivity index (χ4v) is 1.51. The third-order valence-electron chi connectivity index (χ3n) is 2.24. The smallest absolute Gasteiger partial charge is 0.253 e. The Morgan fingerprint density at radius 3 is 1.50 bits per heavy atom. The molecule has 0 radical (unpaired) electrons. The molecule has 0 aliphatic heterocycles. The molecule has 1 rings (SSSR count). The van der Waals surface area contributed by atoms with Crippen LogP contribution in [0.5, 0.6) is 0 Å². The predicted octanol–water partition coefficient (Wildman–Crippen LogP) is 2.14. The average molecular weight is 277 g/mol. The lowest BCUT2D eigenvalue weighted by Crippen LogP contribution is -2.41. The summed E-state index contributed by atoms with van der Waals surface area (Å²) in [5.41, 5.74) is 0.0876. The van der Waals surface area contributed by atoms with E-state index in [-0.39, 0.29) is 22.9 Å². The number of hydrogen-bond acceptors (Lipinski definition) is 3. The second kappa shape index (κ2) is 5.61. The summed E-state index contributed by atoms with van der Waals surface area (Å²) in [6.45, 7) is 11.4. The summed E-state index contributed by atoms with van der Waals surface area (Å²) in [5.74, 6) is -0.481. The third-order valence-corrected chi connectivity index (χ3v) is 2.24. The number of aromatic nitrogens is 1. The number of carbonyl (C=O) groups is 2. The number of nitrogens with zero attached hydrogens (tertiary/aromatic N) is 1. The average Bonchev–Trinajstić information content (AvgIpc) is 2.24. The maximum atomic E-state index is 12.0. The van der Waals surface area contributed by atoms with E-state index in [9.17, 15) is 9.59 Å². The summed E-state index contributed by atoms with van der Waals surface area (Å²) in [6, 6.07) is 1.55. The van der Waals surface area contributed by atoms with E-state index in [2.05, 4.69) is 15.6 Å². The Bertz CT molecular complexity index is 467. The van der Waals surface area contributed by atoms with E-state index in [0.29, 0.717) is 11.1 Å². The Morgan fingerprint density at radius 2 is 1.20 bits per heavy atom. The predicted molar refractivity (Wildman–Crippen MR) is 78.7 cm³/mol. The zero-order valence-electron chi connectivity index (χ0n) is 13.0. The molecule has 5 nitrogen and oxygen atoms in total. The molecule has 2 amide bonds. The Balaban J connectivity index is 2.91. The minimum Gasteiger partial charge on any atom is -0.347 e. The van der Waals surface area contributed by atoms with Gasteiger partial charge in [0.05, 0.1) is 11.1 Å². The van der Waals surface area contributed by atoms with Gasteiger partial charge in [0.15, 0.2) is 0 Å². The largest absolute Gasteiger partial charge is 0.347 e.